The third kappa shape index (κ3) is 3.21. The van der Waals surface area contributed by atoms with E-state index in [4.69, 9.17) is 11.6 Å². The number of hydrogen-bond acceptors (Lipinski definition) is 3. The molecule has 0 unspecified atom stereocenters. The Kier molecular flexibility index (Phi) is 4.08. The minimum Gasteiger partial charge on any atom is -0.360 e. The van der Waals surface area contributed by atoms with Gasteiger partial charge in [0.15, 0.2) is 0 Å². The van der Waals surface area contributed by atoms with Crippen molar-refractivity contribution in [3.63, 3.8) is 0 Å². The summed E-state index contributed by atoms with van der Waals surface area (Å²) in [5.41, 5.74) is 3.32. The molecule has 3 N–H and O–H groups in total. The molecule has 0 saturated heterocycles. The maximum absolute atomic E-state index is 12.2. The van der Waals surface area contributed by atoms with E-state index in [1.54, 1.807) is 18.2 Å². The lowest BCUT2D eigenvalue weighted by atomic mass is 10.2. The molecule has 23 heavy (non-hydrogen) atoms. The molecule has 118 valence electrons. The van der Waals surface area contributed by atoms with Gasteiger partial charge in [-0.1, -0.05) is 35.9 Å². The van der Waals surface area contributed by atoms with Crippen LogP contribution in [0.1, 0.15) is 10.4 Å². The average Bonchev–Trinajstić information content (AvgIpc) is 2.97. The number of sulfonamides is 1. The van der Waals surface area contributed by atoms with Gasteiger partial charge in [-0.25, -0.2) is 8.42 Å². The van der Waals surface area contributed by atoms with Gasteiger partial charge in [0.25, 0.3) is 15.9 Å². The Bertz CT molecular complexity index is 982. The second kappa shape index (κ2) is 6.04. The first-order valence-electron chi connectivity index (χ1n) is 6.61. The smallest absolute Gasteiger partial charge is 0.268 e. The van der Waals surface area contributed by atoms with Gasteiger partial charge in [0, 0.05) is 22.1 Å². The van der Waals surface area contributed by atoms with Gasteiger partial charge < -0.3 is 4.98 Å². The van der Waals surface area contributed by atoms with E-state index in [0.29, 0.717) is 10.9 Å². The Morgan fingerprint density at radius 3 is 2.65 bits per heavy atom. The maximum atomic E-state index is 12.2. The fraction of sp³-hybridized carbons (Fsp3) is 0. The van der Waals surface area contributed by atoms with Crippen LogP contribution in [0.4, 0.5) is 0 Å². The number of para-hydroxylation sites is 1. The minimum absolute atomic E-state index is 0.0378. The lowest BCUT2D eigenvalue weighted by molar-refractivity contribution is 0.0947. The first-order valence-corrected chi connectivity index (χ1v) is 8.47. The molecule has 0 fully saturated rings. The first-order chi connectivity index (χ1) is 11.0. The van der Waals surface area contributed by atoms with Crippen LogP contribution in [-0.4, -0.2) is 19.3 Å². The largest absolute Gasteiger partial charge is 0.360 e. The first kappa shape index (κ1) is 15.5. The Morgan fingerprint density at radius 2 is 1.87 bits per heavy atom. The Labute approximate surface area is 137 Å². The van der Waals surface area contributed by atoms with Crippen molar-refractivity contribution in [1.82, 2.24) is 15.2 Å². The van der Waals surface area contributed by atoms with E-state index in [0.717, 1.165) is 5.52 Å². The molecule has 0 aliphatic rings. The quantitative estimate of drug-likeness (QED) is 0.632. The number of H-pyrrole nitrogens is 1. The molecule has 3 rings (SSSR count). The number of hydrogen-bond donors (Lipinski definition) is 3. The highest BCUT2D eigenvalue weighted by molar-refractivity contribution is 7.89. The van der Waals surface area contributed by atoms with Crippen molar-refractivity contribution in [2.75, 3.05) is 0 Å². The van der Waals surface area contributed by atoms with Crippen molar-refractivity contribution in [2.45, 2.75) is 4.90 Å². The summed E-state index contributed by atoms with van der Waals surface area (Å²) < 4.78 is 24.3. The molecule has 8 heteroatoms. The standard InChI is InChI=1S/C15H12ClN3O3S/c16-10-4-3-5-11(8-10)23(21,22)19-18-15(20)13-9-17-14-7-2-1-6-12(13)14/h1-9,17,19H,(H,18,20). The highest BCUT2D eigenvalue weighted by Crippen LogP contribution is 2.18. The topological polar surface area (TPSA) is 91.1 Å². The predicted octanol–water partition coefficient (Wildman–Crippen LogP) is 2.44. The fourth-order valence-corrected chi connectivity index (χ4v) is 3.27. The zero-order valence-corrected chi connectivity index (χ0v) is 13.3. The molecular formula is C15H12ClN3O3S. The Balaban J connectivity index is 1.79. The van der Waals surface area contributed by atoms with Crippen molar-refractivity contribution < 1.29 is 13.2 Å². The molecule has 1 amide bonds. The third-order valence-corrected chi connectivity index (χ3v) is 4.72. The molecule has 0 bridgehead atoms. The zero-order chi connectivity index (χ0) is 16.4. The summed E-state index contributed by atoms with van der Waals surface area (Å²) in [6.07, 6.45) is 1.52. The zero-order valence-electron chi connectivity index (χ0n) is 11.7. The van der Waals surface area contributed by atoms with E-state index in [-0.39, 0.29) is 9.92 Å². The van der Waals surface area contributed by atoms with E-state index < -0.39 is 15.9 Å². The second-order valence-electron chi connectivity index (χ2n) is 4.76. The van der Waals surface area contributed by atoms with Gasteiger partial charge in [0.05, 0.1) is 10.5 Å². The molecule has 0 atom stereocenters. The minimum atomic E-state index is -3.90. The van der Waals surface area contributed by atoms with Crippen molar-refractivity contribution in [3.8, 4) is 0 Å². The number of carbonyl (C=O) groups excluding carboxylic acids is 1. The highest BCUT2D eigenvalue weighted by atomic mass is 35.5. The molecular weight excluding hydrogens is 338 g/mol. The van der Waals surface area contributed by atoms with Crippen molar-refractivity contribution in [1.29, 1.82) is 0 Å². The van der Waals surface area contributed by atoms with Crippen LogP contribution in [0.15, 0.2) is 59.6 Å². The number of aromatic nitrogens is 1. The average molecular weight is 350 g/mol. The SMILES string of the molecule is O=C(NNS(=O)(=O)c1cccc(Cl)c1)c1c[nH]c2ccccc12. The van der Waals surface area contributed by atoms with E-state index in [1.165, 1.54) is 24.4 Å². The fourth-order valence-electron chi connectivity index (χ4n) is 2.13. The number of halogens is 1. The lowest BCUT2D eigenvalue weighted by Crippen LogP contribution is -2.41. The summed E-state index contributed by atoms with van der Waals surface area (Å²) in [5.74, 6) is -0.562. The van der Waals surface area contributed by atoms with E-state index in [2.05, 4.69) is 15.2 Å². The van der Waals surface area contributed by atoms with Crippen LogP contribution in [0.25, 0.3) is 10.9 Å². The lowest BCUT2D eigenvalue weighted by Gasteiger charge is -2.08. The molecule has 3 aromatic rings. The second-order valence-corrected chi connectivity index (χ2v) is 6.88. The third-order valence-electron chi connectivity index (χ3n) is 3.24. The number of aromatic amines is 1. The maximum Gasteiger partial charge on any atom is 0.268 e. The van der Waals surface area contributed by atoms with Gasteiger partial charge in [0.1, 0.15) is 0 Å². The number of carbonyl (C=O) groups is 1. The van der Waals surface area contributed by atoms with Crippen LogP contribution in [0.5, 0.6) is 0 Å². The number of nitrogens with one attached hydrogen (secondary N) is 3. The van der Waals surface area contributed by atoms with Crippen LogP contribution in [0.2, 0.25) is 5.02 Å². The van der Waals surface area contributed by atoms with Crippen molar-refractivity contribution in [2.24, 2.45) is 0 Å². The number of rotatable bonds is 4. The van der Waals surface area contributed by atoms with Gasteiger partial charge in [-0.2, -0.15) is 0 Å². The molecule has 1 heterocycles. The molecule has 1 aromatic heterocycles. The number of hydrazine groups is 1. The Hall–Kier alpha value is -2.35. The number of amides is 1. The van der Waals surface area contributed by atoms with Crippen LogP contribution >= 0.6 is 11.6 Å². The van der Waals surface area contributed by atoms with Gasteiger partial charge >= 0.3 is 0 Å². The Morgan fingerprint density at radius 1 is 1.09 bits per heavy atom. The molecule has 6 nitrogen and oxygen atoms in total. The van der Waals surface area contributed by atoms with Gasteiger partial charge in [0.2, 0.25) is 0 Å². The number of fused-ring (bicyclic) bond motifs is 1. The molecule has 0 spiro atoms. The van der Waals surface area contributed by atoms with Crippen LogP contribution in [0, 0.1) is 0 Å². The van der Waals surface area contributed by atoms with Crippen LogP contribution < -0.4 is 10.3 Å². The van der Waals surface area contributed by atoms with Crippen molar-refractivity contribution >= 4 is 38.4 Å². The van der Waals surface area contributed by atoms with Crippen molar-refractivity contribution in [3.05, 3.63) is 65.3 Å². The van der Waals surface area contributed by atoms with Crippen LogP contribution in [-0.2, 0) is 10.0 Å². The monoisotopic (exact) mass is 349 g/mol. The van der Waals surface area contributed by atoms with Crippen LogP contribution in [0.3, 0.4) is 0 Å². The number of benzene rings is 2. The normalized spacial score (nSPS) is 11.5. The molecule has 0 radical (unpaired) electrons. The summed E-state index contributed by atoms with van der Waals surface area (Å²) in [5, 5.41) is 0.989. The molecule has 2 aromatic carbocycles. The summed E-state index contributed by atoms with van der Waals surface area (Å²) in [6, 6.07) is 13.0. The summed E-state index contributed by atoms with van der Waals surface area (Å²) >= 11 is 5.78. The van der Waals surface area contributed by atoms with E-state index >= 15 is 0 Å². The van der Waals surface area contributed by atoms with E-state index in [1.807, 2.05) is 12.1 Å². The molecule has 0 aliphatic heterocycles. The summed E-state index contributed by atoms with van der Waals surface area (Å²) in [6.45, 7) is 0. The van der Waals surface area contributed by atoms with E-state index in [9.17, 15) is 13.2 Å². The molecule has 0 aliphatic carbocycles. The molecule has 0 saturated carbocycles. The summed E-state index contributed by atoms with van der Waals surface area (Å²) in [7, 11) is -3.90. The van der Waals surface area contributed by atoms with Gasteiger partial charge in [-0.05, 0) is 24.3 Å². The van der Waals surface area contributed by atoms with Gasteiger partial charge in [-0.15, -0.1) is 4.83 Å². The van der Waals surface area contributed by atoms with Gasteiger partial charge in [-0.3, -0.25) is 10.2 Å². The predicted molar refractivity (Wildman–Crippen MR) is 87.5 cm³/mol. The highest BCUT2D eigenvalue weighted by Gasteiger charge is 2.17. The summed E-state index contributed by atoms with van der Waals surface area (Å²) in [4.78, 5) is 17.1.